The Labute approximate surface area is 165 Å². The third kappa shape index (κ3) is 5.85. The van der Waals surface area contributed by atoms with Crippen LogP contribution in [0.15, 0.2) is 52.1 Å². The molecule has 2 aromatic rings. The first kappa shape index (κ1) is 19.9. The maximum Gasteiger partial charge on any atom is 0.242 e. The van der Waals surface area contributed by atoms with Gasteiger partial charge in [0, 0.05) is 33.3 Å². The number of fused-ring (bicyclic) bond motifs is 1. The van der Waals surface area contributed by atoms with Crippen molar-refractivity contribution in [2.24, 2.45) is 4.99 Å². The molecule has 7 nitrogen and oxygen atoms in total. The first-order chi connectivity index (χ1) is 13.8. The van der Waals surface area contributed by atoms with Crippen molar-refractivity contribution in [1.82, 2.24) is 15.5 Å². The van der Waals surface area contributed by atoms with Gasteiger partial charge < -0.3 is 24.7 Å². The molecule has 0 bridgehead atoms. The Morgan fingerprint density at radius 3 is 2.86 bits per heavy atom. The van der Waals surface area contributed by atoms with Gasteiger partial charge in [0.15, 0.2) is 5.96 Å². The van der Waals surface area contributed by atoms with Gasteiger partial charge in [-0.2, -0.15) is 0 Å². The number of nitrogens with one attached hydrogen (secondary N) is 2. The number of hydrogen-bond donors (Lipinski definition) is 2. The number of furan rings is 1. The summed E-state index contributed by atoms with van der Waals surface area (Å²) in [4.78, 5) is 18.6. The Morgan fingerprint density at radius 2 is 2.07 bits per heavy atom. The van der Waals surface area contributed by atoms with E-state index in [1.54, 1.807) is 13.3 Å². The van der Waals surface area contributed by atoms with Gasteiger partial charge in [-0.3, -0.25) is 9.79 Å². The van der Waals surface area contributed by atoms with Crippen molar-refractivity contribution in [3.05, 3.63) is 59.5 Å². The third-order valence-corrected chi connectivity index (χ3v) is 4.70. The summed E-state index contributed by atoms with van der Waals surface area (Å²) in [5, 5.41) is 6.30. The number of ether oxygens (including phenoxy) is 1. The smallest absolute Gasteiger partial charge is 0.242 e. The summed E-state index contributed by atoms with van der Waals surface area (Å²) in [6, 6.07) is 12.0. The van der Waals surface area contributed by atoms with E-state index < -0.39 is 0 Å². The average molecular weight is 384 g/mol. The summed E-state index contributed by atoms with van der Waals surface area (Å²) in [5.41, 5.74) is 2.57. The molecule has 7 heteroatoms. The van der Waals surface area contributed by atoms with Gasteiger partial charge >= 0.3 is 0 Å². The molecule has 150 valence electrons. The molecule has 2 N–H and O–H groups in total. The van der Waals surface area contributed by atoms with Crippen LogP contribution in [0.1, 0.15) is 23.3 Å². The molecule has 1 aromatic carbocycles. The van der Waals surface area contributed by atoms with Gasteiger partial charge in [-0.05, 0) is 36.1 Å². The number of guanidine groups is 1. The van der Waals surface area contributed by atoms with Gasteiger partial charge in [0.25, 0.3) is 0 Å². The van der Waals surface area contributed by atoms with E-state index >= 15 is 0 Å². The molecule has 0 atom stereocenters. The number of nitrogens with zero attached hydrogens (tertiary/aromatic N) is 2. The molecular formula is C21H28N4O3. The van der Waals surface area contributed by atoms with Crippen molar-refractivity contribution in [2.75, 3.05) is 33.3 Å². The quantitative estimate of drug-likeness (QED) is 0.413. The van der Waals surface area contributed by atoms with Crippen LogP contribution in [0.25, 0.3) is 0 Å². The molecule has 0 aliphatic carbocycles. The Bertz CT molecular complexity index is 774. The molecule has 1 aliphatic heterocycles. The van der Waals surface area contributed by atoms with E-state index in [9.17, 15) is 4.79 Å². The summed E-state index contributed by atoms with van der Waals surface area (Å²) in [7, 11) is 1.70. The van der Waals surface area contributed by atoms with Crippen LogP contribution < -0.4 is 10.6 Å². The topological polar surface area (TPSA) is 79.1 Å². The highest BCUT2D eigenvalue weighted by Gasteiger charge is 2.20. The molecule has 1 aromatic heterocycles. The standard InChI is InChI=1S/C21H28N4O3/c1-22-21(23-10-5-12-27-16-19-8-4-13-28-19)24-14-20(26)25-11-9-17-6-2-3-7-18(17)15-25/h2-4,6-8,13H,5,9-12,14-16H2,1H3,(H2,22,23,24). The van der Waals surface area contributed by atoms with E-state index in [1.807, 2.05) is 23.1 Å². The Kier molecular flexibility index (Phi) is 7.49. The second-order valence-corrected chi connectivity index (χ2v) is 6.67. The zero-order valence-electron chi connectivity index (χ0n) is 16.3. The molecule has 28 heavy (non-hydrogen) atoms. The zero-order valence-corrected chi connectivity index (χ0v) is 16.3. The van der Waals surface area contributed by atoms with Gasteiger partial charge in [-0.1, -0.05) is 24.3 Å². The van der Waals surface area contributed by atoms with Crippen LogP contribution in [-0.4, -0.2) is 50.1 Å². The van der Waals surface area contributed by atoms with Crippen LogP contribution in [0.2, 0.25) is 0 Å². The summed E-state index contributed by atoms with van der Waals surface area (Å²) in [6.07, 6.45) is 3.38. The molecule has 1 amide bonds. The Balaban J connectivity index is 1.31. The van der Waals surface area contributed by atoms with Crippen LogP contribution in [0.3, 0.4) is 0 Å². The number of rotatable bonds is 8. The lowest BCUT2D eigenvalue weighted by atomic mass is 10.00. The number of aliphatic imine (C=N–C) groups is 1. The molecular weight excluding hydrogens is 356 g/mol. The van der Waals surface area contributed by atoms with Crippen LogP contribution in [0.4, 0.5) is 0 Å². The van der Waals surface area contributed by atoms with E-state index in [-0.39, 0.29) is 12.5 Å². The zero-order chi connectivity index (χ0) is 19.6. The van der Waals surface area contributed by atoms with Crippen molar-refractivity contribution in [1.29, 1.82) is 0 Å². The lowest BCUT2D eigenvalue weighted by molar-refractivity contribution is -0.130. The summed E-state index contributed by atoms with van der Waals surface area (Å²) < 4.78 is 10.8. The monoisotopic (exact) mass is 384 g/mol. The molecule has 2 heterocycles. The Morgan fingerprint density at radius 1 is 1.21 bits per heavy atom. The first-order valence-electron chi connectivity index (χ1n) is 9.65. The minimum absolute atomic E-state index is 0.0826. The molecule has 0 radical (unpaired) electrons. The minimum Gasteiger partial charge on any atom is -0.467 e. The highest BCUT2D eigenvalue weighted by Crippen LogP contribution is 2.18. The lowest BCUT2D eigenvalue weighted by Crippen LogP contribution is -2.46. The van der Waals surface area contributed by atoms with E-state index in [2.05, 4.69) is 33.8 Å². The van der Waals surface area contributed by atoms with E-state index in [4.69, 9.17) is 9.15 Å². The van der Waals surface area contributed by atoms with E-state index in [0.29, 0.717) is 32.3 Å². The highest BCUT2D eigenvalue weighted by atomic mass is 16.5. The molecule has 0 saturated heterocycles. The number of carbonyl (C=O) groups is 1. The molecule has 0 saturated carbocycles. The number of amides is 1. The van der Waals surface area contributed by atoms with Crippen molar-refractivity contribution in [3.8, 4) is 0 Å². The first-order valence-corrected chi connectivity index (χ1v) is 9.65. The maximum absolute atomic E-state index is 12.5. The predicted octanol–water partition coefficient (Wildman–Crippen LogP) is 1.94. The van der Waals surface area contributed by atoms with Crippen LogP contribution in [0, 0.1) is 0 Å². The largest absolute Gasteiger partial charge is 0.467 e. The molecule has 0 spiro atoms. The van der Waals surface area contributed by atoms with Crippen molar-refractivity contribution >= 4 is 11.9 Å². The summed E-state index contributed by atoms with van der Waals surface area (Å²) >= 11 is 0. The molecule has 3 rings (SSSR count). The highest BCUT2D eigenvalue weighted by molar-refractivity contribution is 5.86. The third-order valence-electron chi connectivity index (χ3n) is 4.70. The fraction of sp³-hybridized carbons (Fsp3) is 0.429. The lowest BCUT2D eigenvalue weighted by Gasteiger charge is -2.29. The van der Waals surface area contributed by atoms with Crippen molar-refractivity contribution in [3.63, 3.8) is 0 Å². The van der Waals surface area contributed by atoms with Crippen LogP contribution in [0.5, 0.6) is 0 Å². The van der Waals surface area contributed by atoms with Gasteiger partial charge in [-0.25, -0.2) is 0 Å². The van der Waals surface area contributed by atoms with Crippen molar-refractivity contribution in [2.45, 2.75) is 26.0 Å². The number of carbonyl (C=O) groups excluding carboxylic acids is 1. The van der Waals surface area contributed by atoms with Crippen LogP contribution in [-0.2, 0) is 29.1 Å². The second kappa shape index (κ2) is 10.5. The fourth-order valence-electron chi connectivity index (χ4n) is 3.15. The van der Waals surface area contributed by atoms with E-state index in [1.165, 1.54) is 11.1 Å². The number of benzene rings is 1. The second-order valence-electron chi connectivity index (χ2n) is 6.67. The van der Waals surface area contributed by atoms with Crippen LogP contribution >= 0.6 is 0 Å². The van der Waals surface area contributed by atoms with Gasteiger partial charge in [-0.15, -0.1) is 0 Å². The van der Waals surface area contributed by atoms with Gasteiger partial charge in [0.1, 0.15) is 12.4 Å². The molecule has 0 unspecified atom stereocenters. The SMILES string of the molecule is CN=C(NCCCOCc1ccco1)NCC(=O)N1CCc2ccccc2C1. The summed E-state index contributed by atoms with van der Waals surface area (Å²) in [5.74, 6) is 1.53. The number of hydrogen-bond acceptors (Lipinski definition) is 4. The Hall–Kier alpha value is -2.80. The normalized spacial score (nSPS) is 13.9. The van der Waals surface area contributed by atoms with Gasteiger partial charge in [0.2, 0.25) is 5.91 Å². The fourth-order valence-corrected chi connectivity index (χ4v) is 3.15. The average Bonchev–Trinajstić information content (AvgIpc) is 3.25. The predicted molar refractivity (Wildman–Crippen MR) is 108 cm³/mol. The minimum atomic E-state index is 0.0826. The van der Waals surface area contributed by atoms with E-state index in [0.717, 1.165) is 25.1 Å². The maximum atomic E-state index is 12.5. The van der Waals surface area contributed by atoms with Gasteiger partial charge in [0.05, 0.1) is 12.8 Å². The molecule has 0 fully saturated rings. The summed E-state index contributed by atoms with van der Waals surface area (Å²) in [6.45, 7) is 3.48. The molecule has 1 aliphatic rings. The van der Waals surface area contributed by atoms with Crippen molar-refractivity contribution < 1.29 is 13.9 Å².